The second-order valence-corrected chi connectivity index (χ2v) is 8.57. The van der Waals surface area contributed by atoms with Crippen molar-refractivity contribution in [3.05, 3.63) is 28.2 Å². The average molecular weight is 449 g/mol. The number of benzene rings is 1. The molecule has 1 N–H and O–H groups in total. The maximum Gasteiger partial charge on any atom is 0.407 e. The van der Waals surface area contributed by atoms with E-state index in [9.17, 15) is 13.6 Å². The van der Waals surface area contributed by atoms with Crippen LogP contribution in [0.3, 0.4) is 0 Å². The molecule has 2 rings (SSSR count). The maximum absolute atomic E-state index is 12.5. The minimum Gasteiger partial charge on any atom is -0.487 e. The van der Waals surface area contributed by atoms with Gasteiger partial charge in [-0.15, -0.1) is 0 Å². The maximum atomic E-state index is 12.5. The molecule has 0 bridgehead atoms. The Morgan fingerprint density at radius 1 is 1.33 bits per heavy atom. The van der Waals surface area contributed by atoms with Gasteiger partial charge in [0.15, 0.2) is 0 Å². The summed E-state index contributed by atoms with van der Waals surface area (Å²) in [6.07, 6.45) is -1.28. The Balaban J connectivity index is 1.86. The number of alkyl carbamates (subject to hydrolysis) is 1. The van der Waals surface area contributed by atoms with Gasteiger partial charge in [-0.3, -0.25) is 4.90 Å². The smallest absolute Gasteiger partial charge is 0.407 e. The van der Waals surface area contributed by atoms with E-state index in [0.29, 0.717) is 12.3 Å². The first-order chi connectivity index (χ1) is 12.6. The van der Waals surface area contributed by atoms with Crippen LogP contribution in [0.25, 0.3) is 0 Å². The lowest BCUT2D eigenvalue weighted by Crippen LogP contribution is -2.45. The van der Waals surface area contributed by atoms with Gasteiger partial charge in [0.25, 0.3) is 6.43 Å². The number of hydrogen-bond donors (Lipinski definition) is 1. The van der Waals surface area contributed by atoms with Crippen molar-refractivity contribution in [2.45, 2.75) is 58.2 Å². The Labute approximate surface area is 167 Å². The summed E-state index contributed by atoms with van der Waals surface area (Å²) in [6, 6.07) is 5.46. The van der Waals surface area contributed by atoms with Crippen molar-refractivity contribution in [2.24, 2.45) is 0 Å². The molecule has 1 fully saturated rings. The molecule has 0 spiro atoms. The number of carbonyl (C=O) groups is 1. The number of likely N-dealkylation sites (tertiary alicyclic amines) is 1. The highest BCUT2D eigenvalue weighted by Gasteiger charge is 2.24. The van der Waals surface area contributed by atoms with E-state index in [1.807, 2.05) is 26.8 Å². The van der Waals surface area contributed by atoms with Crippen molar-refractivity contribution in [1.29, 1.82) is 0 Å². The molecule has 1 heterocycles. The minimum atomic E-state index is -2.50. The summed E-state index contributed by atoms with van der Waals surface area (Å²) >= 11 is 3.42. The van der Waals surface area contributed by atoms with Crippen molar-refractivity contribution in [3.63, 3.8) is 0 Å². The zero-order valence-corrected chi connectivity index (χ0v) is 17.5. The minimum absolute atomic E-state index is 0.0770. The second kappa shape index (κ2) is 9.68. The lowest BCUT2D eigenvalue weighted by molar-refractivity contribution is 0.0476. The highest BCUT2D eigenvalue weighted by molar-refractivity contribution is 9.10. The molecule has 1 aliphatic rings. The van der Waals surface area contributed by atoms with Gasteiger partial charge < -0.3 is 14.8 Å². The van der Waals surface area contributed by atoms with E-state index in [2.05, 4.69) is 26.1 Å². The Hall–Kier alpha value is -1.41. The molecule has 0 saturated carbocycles. The molecule has 0 aliphatic carbocycles. The molecule has 1 aromatic rings. The Kier molecular flexibility index (Phi) is 7.85. The zero-order chi connectivity index (χ0) is 20.0. The van der Waals surface area contributed by atoms with Crippen molar-refractivity contribution >= 4 is 22.0 Å². The molecule has 0 aromatic heterocycles. The summed E-state index contributed by atoms with van der Waals surface area (Å²) in [5.74, 6) is 0.479. The van der Waals surface area contributed by atoms with Gasteiger partial charge in [-0.25, -0.2) is 13.6 Å². The molecule has 1 aromatic carbocycles. The summed E-state index contributed by atoms with van der Waals surface area (Å²) in [5, 5.41) is 2.91. The third-order valence-corrected chi connectivity index (χ3v) is 4.58. The number of nitrogens with one attached hydrogen (secondary N) is 1. The second-order valence-electron chi connectivity index (χ2n) is 7.65. The number of nitrogens with zero attached hydrogens (tertiary/aromatic N) is 1. The molecule has 1 aliphatic heterocycles. The standard InChI is InChI=1S/C19H27BrF2N2O3/c1-19(2,3)27-18(25)23-15-6-8-24(9-7-15)11-13-10-14(20)4-5-16(13)26-12-17(21)22/h4-5,10,15,17H,6-9,11-12H2,1-3H3,(H,23,25). The topological polar surface area (TPSA) is 50.8 Å². The molecular formula is C19H27BrF2N2O3. The molecule has 27 heavy (non-hydrogen) atoms. The van der Waals surface area contributed by atoms with E-state index in [1.165, 1.54) is 0 Å². The van der Waals surface area contributed by atoms with E-state index < -0.39 is 24.7 Å². The summed E-state index contributed by atoms with van der Waals surface area (Å²) in [7, 11) is 0. The first kappa shape index (κ1) is 21.9. The van der Waals surface area contributed by atoms with Gasteiger partial charge in [-0.05, 0) is 51.8 Å². The van der Waals surface area contributed by atoms with E-state index in [0.717, 1.165) is 36.0 Å². The van der Waals surface area contributed by atoms with Crippen LogP contribution in [0, 0.1) is 0 Å². The quantitative estimate of drug-likeness (QED) is 0.691. The van der Waals surface area contributed by atoms with Crippen molar-refractivity contribution < 1.29 is 23.0 Å². The lowest BCUT2D eigenvalue weighted by atomic mass is 10.0. The van der Waals surface area contributed by atoms with Gasteiger partial charge in [-0.1, -0.05) is 15.9 Å². The normalized spacial score (nSPS) is 16.4. The van der Waals surface area contributed by atoms with Gasteiger partial charge in [0.1, 0.15) is 18.0 Å². The molecule has 8 heteroatoms. The summed E-state index contributed by atoms with van der Waals surface area (Å²) in [6.45, 7) is 7.08. The molecule has 0 radical (unpaired) electrons. The van der Waals surface area contributed by atoms with Crippen LogP contribution in [0.4, 0.5) is 13.6 Å². The fraction of sp³-hybridized carbons (Fsp3) is 0.632. The SMILES string of the molecule is CC(C)(C)OC(=O)NC1CCN(Cc2cc(Br)ccc2OCC(F)F)CC1. The third kappa shape index (κ3) is 8.01. The van der Waals surface area contributed by atoms with Crippen LogP contribution < -0.4 is 10.1 Å². The van der Waals surface area contributed by atoms with E-state index >= 15 is 0 Å². The number of carbonyl (C=O) groups excluding carboxylic acids is 1. The Morgan fingerprint density at radius 3 is 2.59 bits per heavy atom. The molecular weight excluding hydrogens is 422 g/mol. The molecule has 0 atom stereocenters. The fourth-order valence-electron chi connectivity index (χ4n) is 2.92. The summed E-state index contributed by atoms with van der Waals surface area (Å²) < 4.78 is 36.3. The van der Waals surface area contributed by atoms with Crippen LogP contribution in [0.5, 0.6) is 5.75 Å². The van der Waals surface area contributed by atoms with Crippen LogP contribution in [0.1, 0.15) is 39.2 Å². The zero-order valence-electron chi connectivity index (χ0n) is 15.9. The van der Waals surface area contributed by atoms with Gasteiger partial charge >= 0.3 is 6.09 Å². The number of halogens is 3. The van der Waals surface area contributed by atoms with E-state index in [-0.39, 0.29) is 6.04 Å². The van der Waals surface area contributed by atoms with E-state index in [4.69, 9.17) is 9.47 Å². The van der Waals surface area contributed by atoms with Crippen LogP contribution in [0.15, 0.2) is 22.7 Å². The number of amides is 1. The fourth-order valence-corrected chi connectivity index (χ4v) is 3.32. The van der Waals surface area contributed by atoms with Gasteiger partial charge in [0.2, 0.25) is 0 Å². The predicted molar refractivity (Wildman–Crippen MR) is 103 cm³/mol. The number of piperidine rings is 1. The molecule has 0 unspecified atom stereocenters. The van der Waals surface area contributed by atoms with Crippen molar-refractivity contribution in [3.8, 4) is 5.75 Å². The first-order valence-corrected chi connectivity index (χ1v) is 9.83. The van der Waals surface area contributed by atoms with Crippen molar-refractivity contribution in [2.75, 3.05) is 19.7 Å². The van der Waals surface area contributed by atoms with Crippen LogP contribution in [0.2, 0.25) is 0 Å². The average Bonchev–Trinajstić information content (AvgIpc) is 2.54. The van der Waals surface area contributed by atoms with Gasteiger partial charge in [0.05, 0.1) is 0 Å². The lowest BCUT2D eigenvalue weighted by Gasteiger charge is -2.33. The van der Waals surface area contributed by atoms with Gasteiger partial charge in [-0.2, -0.15) is 0 Å². The molecule has 152 valence electrons. The first-order valence-electron chi connectivity index (χ1n) is 9.03. The van der Waals surface area contributed by atoms with Crippen LogP contribution in [-0.2, 0) is 11.3 Å². The number of ether oxygens (including phenoxy) is 2. The van der Waals surface area contributed by atoms with E-state index in [1.54, 1.807) is 12.1 Å². The molecule has 5 nitrogen and oxygen atoms in total. The highest BCUT2D eigenvalue weighted by Crippen LogP contribution is 2.26. The van der Waals surface area contributed by atoms with Gasteiger partial charge in [0, 0.05) is 35.7 Å². The number of alkyl halides is 2. The molecule has 1 saturated heterocycles. The predicted octanol–water partition coefficient (Wildman–Crippen LogP) is 4.58. The summed E-state index contributed by atoms with van der Waals surface area (Å²) in [5.41, 5.74) is 0.351. The van der Waals surface area contributed by atoms with Crippen LogP contribution >= 0.6 is 15.9 Å². The van der Waals surface area contributed by atoms with Crippen LogP contribution in [-0.4, -0.2) is 48.8 Å². The molecule has 1 amide bonds. The largest absolute Gasteiger partial charge is 0.487 e. The van der Waals surface area contributed by atoms with Crippen molar-refractivity contribution in [1.82, 2.24) is 10.2 Å². The Bertz CT molecular complexity index is 630. The monoisotopic (exact) mass is 448 g/mol. The Morgan fingerprint density at radius 2 is 2.00 bits per heavy atom. The highest BCUT2D eigenvalue weighted by atomic mass is 79.9. The third-order valence-electron chi connectivity index (χ3n) is 4.09. The summed E-state index contributed by atoms with van der Waals surface area (Å²) in [4.78, 5) is 14.1. The number of rotatable bonds is 6. The number of hydrogen-bond acceptors (Lipinski definition) is 4.